The van der Waals surface area contributed by atoms with Crippen molar-refractivity contribution in [1.82, 2.24) is 0 Å². The number of rotatable bonds is 1. The van der Waals surface area contributed by atoms with Crippen LogP contribution in [0.2, 0.25) is 0 Å². The Hall–Kier alpha value is 0.774. The van der Waals surface area contributed by atoms with Gasteiger partial charge in [0.1, 0.15) is 0 Å². The molecule has 0 aromatic carbocycles. The second kappa shape index (κ2) is 5.43. The first kappa shape index (κ1) is 10.8. The molecule has 2 atom stereocenters. The summed E-state index contributed by atoms with van der Waals surface area (Å²) in [6.07, 6.45) is 6.18. The molecule has 0 amide bonds. The first-order valence-corrected chi connectivity index (χ1v) is 3.65. The van der Waals surface area contributed by atoms with Crippen LogP contribution in [-0.2, 0) is 32.7 Å². The van der Waals surface area contributed by atoms with Gasteiger partial charge in [-0.1, -0.05) is 31.6 Å². The minimum Gasteiger partial charge on any atom is -0.814 e. The normalized spacial score (nSPS) is 32.5. The van der Waals surface area contributed by atoms with Gasteiger partial charge in [-0.3, -0.25) is 0 Å². The van der Waals surface area contributed by atoms with Crippen LogP contribution in [0.5, 0.6) is 0 Å². The average molecular weight is 212 g/mol. The van der Waals surface area contributed by atoms with Crippen molar-refractivity contribution >= 4 is 6.21 Å². The molecule has 0 heterocycles. The first-order chi connectivity index (χ1) is 4.34. The number of hydrogen-bond donors (Lipinski definition) is 0. The predicted octanol–water partition coefficient (Wildman–Crippen LogP) is 2.26. The van der Waals surface area contributed by atoms with Crippen molar-refractivity contribution in [3.8, 4) is 0 Å². The van der Waals surface area contributed by atoms with E-state index in [0.717, 1.165) is 6.42 Å². The van der Waals surface area contributed by atoms with Crippen molar-refractivity contribution in [2.75, 3.05) is 0 Å². The summed E-state index contributed by atoms with van der Waals surface area (Å²) in [6, 6.07) is 0. The number of nitrogens with zero attached hydrogens (tertiary/aromatic N) is 1. The standard InChI is InChI=1S/C8H13N.Y/c1-7-4-2-3-5-8(7)6-9;/h6-8H,1-5H2;/q-2;. The van der Waals surface area contributed by atoms with Gasteiger partial charge in [0.15, 0.2) is 0 Å². The fraction of sp³-hybridized carbons (Fsp3) is 0.750. The smallest absolute Gasteiger partial charge is 0 e. The molecule has 2 unspecified atom stereocenters. The quantitative estimate of drug-likeness (QED) is 0.470. The second-order valence-electron chi connectivity index (χ2n) is 2.86. The van der Waals surface area contributed by atoms with Gasteiger partial charge in [0, 0.05) is 32.7 Å². The molecule has 0 spiro atoms. The molecule has 1 fully saturated rings. The molecule has 0 aromatic rings. The van der Waals surface area contributed by atoms with Crippen LogP contribution < -0.4 is 0 Å². The summed E-state index contributed by atoms with van der Waals surface area (Å²) < 4.78 is 0. The molecule has 0 aliphatic heterocycles. The van der Waals surface area contributed by atoms with E-state index in [4.69, 9.17) is 5.41 Å². The van der Waals surface area contributed by atoms with Crippen LogP contribution in [0.25, 0.3) is 5.41 Å². The van der Waals surface area contributed by atoms with Gasteiger partial charge < -0.3 is 12.3 Å². The third-order valence-electron chi connectivity index (χ3n) is 2.16. The molecule has 2 heteroatoms. The molecule has 0 bridgehead atoms. The van der Waals surface area contributed by atoms with Crippen LogP contribution >= 0.6 is 0 Å². The molecule has 1 aliphatic rings. The molecular formula is C8H13NY-2. The molecule has 1 nitrogen and oxygen atoms in total. The summed E-state index contributed by atoms with van der Waals surface area (Å²) in [5.74, 6) is 0.836. The van der Waals surface area contributed by atoms with Gasteiger partial charge in [0.25, 0.3) is 0 Å². The van der Waals surface area contributed by atoms with Crippen LogP contribution in [-0.4, -0.2) is 6.21 Å². The van der Waals surface area contributed by atoms with Crippen molar-refractivity contribution < 1.29 is 32.7 Å². The maximum Gasteiger partial charge on any atom is 0 e. The summed E-state index contributed by atoms with van der Waals surface area (Å²) in [4.78, 5) is 0. The first-order valence-electron chi connectivity index (χ1n) is 3.65. The fourth-order valence-electron chi connectivity index (χ4n) is 1.43. The van der Waals surface area contributed by atoms with E-state index < -0.39 is 0 Å². The molecule has 0 N–H and O–H groups in total. The zero-order valence-electron chi connectivity index (χ0n) is 6.29. The van der Waals surface area contributed by atoms with Crippen LogP contribution in [0.15, 0.2) is 0 Å². The van der Waals surface area contributed by atoms with Crippen molar-refractivity contribution in [1.29, 1.82) is 0 Å². The van der Waals surface area contributed by atoms with Crippen molar-refractivity contribution in [3.63, 3.8) is 0 Å². The van der Waals surface area contributed by atoms with Gasteiger partial charge in [0.2, 0.25) is 0 Å². The summed E-state index contributed by atoms with van der Waals surface area (Å²) in [5, 5.41) is 8.70. The van der Waals surface area contributed by atoms with Gasteiger partial charge in [-0.15, -0.1) is 0 Å². The van der Waals surface area contributed by atoms with Crippen LogP contribution in [0.3, 0.4) is 0 Å². The number of hydrogen-bond acceptors (Lipinski definition) is 0. The van der Waals surface area contributed by atoms with Crippen molar-refractivity contribution in [2.24, 2.45) is 11.8 Å². The van der Waals surface area contributed by atoms with Gasteiger partial charge in [-0.05, 0) is 0 Å². The van der Waals surface area contributed by atoms with Gasteiger partial charge >= 0.3 is 0 Å². The Balaban J connectivity index is 0.000000810. The van der Waals surface area contributed by atoms with Crippen LogP contribution in [0, 0.1) is 18.8 Å². The summed E-state index contributed by atoms with van der Waals surface area (Å²) >= 11 is 0. The van der Waals surface area contributed by atoms with E-state index in [2.05, 4.69) is 6.92 Å². The predicted molar refractivity (Wildman–Crippen MR) is 40.2 cm³/mol. The maximum absolute atomic E-state index is 8.70. The van der Waals surface area contributed by atoms with E-state index in [1.165, 1.54) is 25.5 Å². The minimum absolute atomic E-state index is 0. The molecular weight excluding hydrogens is 199 g/mol. The Morgan fingerprint density at radius 2 is 1.90 bits per heavy atom. The summed E-state index contributed by atoms with van der Waals surface area (Å²) in [7, 11) is 0. The van der Waals surface area contributed by atoms with Crippen LogP contribution in [0.1, 0.15) is 25.7 Å². The Labute approximate surface area is 88.4 Å². The van der Waals surface area contributed by atoms with E-state index in [1.54, 1.807) is 0 Å². The zero-order chi connectivity index (χ0) is 6.69. The second-order valence-corrected chi connectivity index (χ2v) is 2.86. The molecule has 1 saturated carbocycles. The molecule has 10 heavy (non-hydrogen) atoms. The van der Waals surface area contributed by atoms with E-state index in [9.17, 15) is 0 Å². The largest absolute Gasteiger partial charge is 0.814 e. The van der Waals surface area contributed by atoms with Crippen molar-refractivity contribution in [3.05, 3.63) is 12.3 Å². The molecule has 0 aromatic heterocycles. The zero-order valence-corrected chi connectivity index (χ0v) is 9.13. The van der Waals surface area contributed by atoms with Crippen molar-refractivity contribution in [2.45, 2.75) is 25.7 Å². The Morgan fingerprint density at radius 1 is 1.30 bits per heavy atom. The van der Waals surface area contributed by atoms with E-state index >= 15 is 0 Å². The average Bonchev–Trinajstić information content (AvgIpc) is 1.89. The Morgan fingerprint density at radius 3 is 2.30 bits per heavy atom. The van der Waals surface area contributed by atoms with Gasteiger partial charge in [-0.25, -0.2) is 6.21 Å². The van der Waals surface area contributed by atoms with Gasteiger partial charge in [0.05, 0.1) is 0 Å². The maximum atomic E-state index is 8.70. The van der Waals surface area contributed by atoms with E-state index in [1.807, 2.05) is 0 Å². The summed E-state index contributed by atoms with van der Waals surface area (Å²) in [5.41, 5.74) is 0. The van der Waals surface area contributed by atoms with E-state index in [0.29, 0.717) is 11.8 Å². The third kappa shape index (κ3) is 2.79. The Kier molecular flexibility index (Phi) is 5.85. The monoisotopic (exact) mass is 212 g/mol. The Bertz CT molecular complexity index is 103. The van der Waals surface area contributed by atoms with Crippen LogP contribution in [0.4, 0.5) is 0 Å². The molecule has 1 aliphatic carbocycles. The van der Waals surface area contributed by atoms with E-state index in [-0.39, 0.29) is 32.7 Å². The molecule has 1 rings (SSSR count). The molecule has 1 radical (unpaired) electrons. The topological polar surface area (TPSA) is 22.3 Å². The fourth-order valence-corrected chi connectivity index (χ4v) is 1.43. The van der Waals surface area contributed by atoms with Gasteiger partial charge in [-0.2, -0.15) is 5.92 Å². The minimum atomic E-state index is 0. The molecule has 0 saturated heterocycles. The molecule has 55 valence electrons. The SMILES string of the molecule is [CH2-]C1CCCCC1C=[N-].[Y]. The third-order valence-corrected chi connectivity index (χ3v) is 2.16. The summed E-state index contributed by atoms with van der Waals surface area (Å²) in [6.45, 7) is 3.96.